The van der Waals surface area contributed by atoms with E-state index in [1.165, 1.54) is 141 Å². The SMILES string of the molecule is CCCCCCCCCCCCCCCCCC(=O)OC[C@H](COP(=O)(O)OCCCC(=O)CCSCCN(CCN(C)C(=O)CC)C(=O)CC)OC(=O)CCCCCCCCCCCCCCCCC. The number of likely N-dealkylation sites (N-methyl/N-ethyl adjacent to an activating group) is 1. The summed E-state index contributed by atoms with van der Waals surface area (Å²) in [6.45, 7) is 8.62. The minimum absolute atomic E-state index is 0.0109. The fourth-order valence-corrected chi connectivity index (χ4v) is 10.1. The van der Waals surface area contributed by atoms with Crippen LogP contribution in [0, 0.1) is 0 Å². The quantitative estimate of drug-likeness (QED) is 0.0348. The smallest absolute Gasteiger partial charge is 0.462 e. The van der Waals surface area contributed by atoms with Gasteiger partial charge >= 0.3 is 19.8 Å². The molecule has 0 aromatic carbocycles. The molecule has 13 nitrogen and oxygen atoms in total. The first-order valence-electron chi connectivity index (χ1n) is 29.0. The predicted octanol–water partition coefficient (Wildman–Crippen LogP) is 14.7. The number of nitrogens with zero attached hydrogens (tertiary/aromatic N) is 2. The molecule has 0 spiro atoms. The second-order valence-electron chi connectivity index (χ2n) is 19.7. The van der Waals surface area contributed by atoms with Crippen LogP contribution in [0.2, 0.25) is 0 Å². The Kier molecular flexibility index (Phi) is 48.8. The van der Waals surface area contributed by atoms with Crippen molar-refractivity contribution in [2.24, 2.45) is 0 Å². The van der Waals surface area contributed by atoms with Crippen molar-refractivity contribution in [3.05, 3.63) is 0 Å². The highest BCUT2D eigenvalue weighted by molar-refractivity contribution is 7.99. The molecule has 418 valence electrons. The van der Waals surface area contributed by atoms with Gasteiger partial charge in [-0.05, 0) is 19.3 Å². The molecule has 71 heavy (non-hydrogen) atoms. The molecule has 0 saturated heterocycles. The molecule has 15 heteroatoms. The van der Waals surface area contributed by atoms with Gasteiger partial charge in [0.2, 0.25) is 11.8 Å². The summed E-state index contributed by atoms with van der Waals surface area (Å²) in [5.74, 6) is 0.396. The van der Waals surface area contributed by atoms with Crippen LogP contribution >= 0.6 is 19.6 Å². The number of carbonyl (C=O) groups is 5. The number of phosphoric acid groups is 1. The Labute approximate surface area is 438 Å². The highest BCUT2D eigenvalue weighted by Crippen LogP contribution is 2.43. The van der Waals surface area contributed by atoms with Crippen LogP contribution in [-0.4, -0.2) is 108 Å². The zero-order valence-corrected chi connectivity index (χ0v) is 47.9. The molecule has 0 aliphatic carbocycles. The zero-order valence-electron chi connectivity index (χ0n) is 46.2. The van der Waals surface area contributed by atoms with E-state index in [4.69, 9.17) is 18.5 Å². The number of rotatable bonds is 54. The first-order chi connectivity index (χ1) is 34.4. The summed E-state index contributed by atoms with van der Waals surface area (Å²) < 4.78 is 34.3. The lowest BCUT2D eigenvalue weighted by atomic mass is 10.0. The molecule has 0 rings (SSSR count). The van der Waals surface area contributed by atoms with E-state index >= 15 is 0 Å². The van der Waals surface area contributed by atoms with Gasteiger partial charge in [-0.1, -0.05) is 207 Å². The summed E-state index contributed by atoms with van der Waals surface area (Å²) in [6, 6.07) is 0. The number of Topliss-reactive ketones (excluding diaryl/α,β-unsaturated/α-hetero) is 1. The normalized spacial score (nSPS) is 12.6. The average molecular weight is 1050 g/mol. The van der Waals surface area contributed by atoms with Crippen LogP contribution in [0.5, 0.6) is 0 Å². The van der Waals surface area contributed by atoms with Gasteiger partial charge in [-0.15, -0.1) is 0 Å². The first kappa shape index (κ1) is 69.0. The van der Waals surface area contributed by atoms with E-state index in [1.807, 2.05) is 13.8 Å². The highest BCUT2D eigenvalue weighted by Gasteiger charge is 2.26. The summed E-state index contributed by atoms with van der Waals surface area (Å²) in [6.07, 6.45) is 37.6. The van der Waals surface area contributed by atoms with Crippen LogP contribution in [0.25, 0.3) is 0 Å². The van der Waals surface area contributed by atoms with Gasteiger partial charge in [0.15, 0.2) is 6.10 Å². The van der Waals surface area contributed by atoms with Crippen LogP contribution < -0.4 is 0 Å². The molecule has 1 unspecified atom stereocenters. The minimum atomic E-state index is -4.57. The third-order valence-corrected chi connectivity index (χ3v) is 15.0. The largest absolute Gasteiger partial charge is 0.472 e. The third-order valence-electron chi connectivity index (χ3n) is 13.1. The number of hydrogen-bond donors (Lipinski definition) is 1. The van der Waals surface area contributed by atoms with E-state index < -0.39 is 32.5 Å². The van der Waals surface area contributed by atoms with Crippen LogP contribution in [0.1, 0.15) is 265 Å². The predicted molar refractivity (Wildman–Crippen MR) is 293 cm³/mol. The molecule has 0 bridgehead atoms. The van der Waals surface area contributed by atoms with E-state index in [0.717, 1.165) is 38.5 Å². The van der Waals surface area contributed by atoms with Crippen molar-refractivity contribution >= 4 is 49.1 Å². The van der Waals surface area contributed by atoms with E-state index in [9.17, 15) is 33.4 Å². The molecule has 2 amide bonds. The number of ether oxygens (including phenoxy) is 2. The number of thioether (sulfide) groups is 1. The van der Waals surface area contributed by atoms with Crippen molar-refractivity contribution in [3.8, 4) is 0 Å². The number of carbonyl (C=O) groups excluding carboxylic acids is 5. The minimum Gasteiger partial charge on any atom is -0.462 e. The van der Waals surface area contributed by atoms with E-state index in [0.29, 0.717) is 63.2 Å². The van der Waals surface area contributed by atoms with Gasteiger partial charge in [0.25, 0.3) is 0 Å². The van der Waals surface area contributed by atoms with Crippen LogP contribution in [0.3, 0.4) is 0 Å². The second kappa shape index (κ2) is 50.2. The van der Waals surface area contributed by atoms with Gasteiger partial charge in [-0.25, -0.2) is 4.57 Å². The first-order valence-corrected chi connectivity index (χ1v) is 31.6. The van der Waals surface area contributed by atoms with E-state index in [1.54, 1.807) is 28.6 Å². The molecule has 0 saturated carbocycles. The Balaban J connectivity index is 4.68. The second-order valence-corrected chi connectivity index (χ2v) is 22.4. The Morgan fingerprint density at radius 2 is 0.915 bits per heavy atom. The molecule has 0 heterocycles. The van der Waals surface area contributed by atoms with Crippen molar-refractivity contribution < 1.29 is 52.0 Å². The number of phosphoric ester groups is 1. The van der Waals surface area contributed by atoms with Gasteiger partial charge in [0.1, 0.15) is 12.4 Å². The number of unbranched alkanes of at least 4 members (excludes halogenated alkanes) is 28. The summed E-state index contributed by atoms with van der Waals surface area (Å²) in [4.78, 5) is 76.2. The summed E-state index contributed by atoms with van der Waals surface area (Å²) in [5.41, 5.74) is 0. The third kappa shape index (κ3) is 46.3. The summed E-state index contributed by atoms with van der Waals surface area (Å²) >= 11 is 1.57. The molecule has 0 aliphatic rings. The lowest BCUT2D eigenvalue weighted by Gasteiger charge is -2.25. The molecular formula is C56H107N2O11PS. The Bertz CT molecular complexity index is 1360. The molecule has 2 atom stereocenters. The number of ketones is 1. The Morgan fingerprint density at radius 3 is 1.37 bits per heavy atom. The molecule has 1 N–H and O–H groups in total. The van der Waals surface area contributed by atoms with Crippen LogP contribution in [0.4, 0.5) is 0 Å². The Hall–Kier alpha value is -1.99. The number of amides is 2. The molecular weight excluding hydrogens is 940 g/mol. The topological polar surface area (TPSA) is 166 Å². The van der Waals surface area contributed by atoms with Crippen molar-refractivity contribution in [1.29, 1.82) is 0 Å². The van der Waals surface area contributed by atoms with Crippen molar-refractivity contribution in [2.45, 2.75) is 271 Å². The monoisotopic (exact) mass is 1050 g/mol. The van der Waals surface area contributed by atoms with Gasteiger partial charge < -0.3 is 24.2 Å². The van der Waals surface area contributed by atoms with E-state index in [2.05, 4.69) is 13.8 Å². The number of esters is 2. The molecule has 0 radical (unpaired) electrons. The van der Waals surface area contributed by atoms with Gasteiger partial charge in [0.05, 0.1) is 13.2 Å². The fourth-order valence-electron chi connectivity index (χ4n) is 8.40. The van der Waals surface area contributed by atoms with Gasteiger partial charge in [-0.2, -0.15) is 11.8 Å². The Morgan fingerprint density at radius 1 is 0.479 bits per heavy atom. The van der Waals surface area contributed by atoms with Crippen LogP contribution in [0.15, 0.2) is 0 Å². The average Bonchev–Trinajstić information content (AvgIpc) is 3.36. The highest BCUT2D eigenvalue weighted by atomic mass is 32.2. The van der Waals surface area contributed by atoms with Crippen molar-refractivity contribution in [3.63, 3.8) is 0 Å². The zero-order chi connectivity index (χ0) is 52.5. The lowest BCUT2D eigenvalue weighted by Crippen LogP contribution is -2.40. The standard InChI is InChI=1S/C56H107N2O11PS/c1-6-10-12-14-16-18-20-22-24-26-28-30-32-34-36-40-55(62)66-49-52(69-56(63)41-37-35-33-31-29-27-25-23-21-19-17-15-13-11-7-2)50-68-70(64,65)67-46-38-39-51(59)42-47-71-48-45-58(54(61)9-4)44-43-57(5)53(60)8-3/h52H,6-50H2,1-5H3,(H,64,65)/t52-/m1/s1. The molecule has 0 aliphatic heterocycles. The van der Waals surface area contributed by atoms with Gasteiger partial charge in [0, 0.05) is 76.7 Å². The number of hydrogen-bond acceptors (Lipinski definition) is 11. The van der Waals surface area contributed by atoms with Crippen molar-refractivity contribution in [2.75, 3.05) is 58.0 Å². The summed E-state index contributed by atoms with van der Waals surface area (Å²) in [7, 11) is -2.83. The van der Waals surface area contributed by atoms with E-state index in [-0.39, 0.29) is 56.5 Å². The molecule has 0 fully saturated rings. The lowest BCUT2D eigenvalue weighted by molar-refractivity contribution is -0.161. The maximum Gasteiger partial charge on any atom is 0.472 e. The fraction of sp³-hybridized carbons (Fsp3) is 0.911. The summed E-state index contributed by atoms with van der Waals surface area (Å²) in [5, 5.41) is 0. The molecule has 0 aromatic heterocycles. The van der Waals surface area contributed by atoms with Crippen molar-refractivity contribution in [1.82, 2.24) is 9.80 Å². The maximum absolute atomic E-state index is 12.9. The van der Waals surface area contributed by atoms with Crippen LogP contribution in [-0.2, 0) is 47.1 Å². The molecule has 0 aromatic rings. The maximum atomic E-state index is 12.9. The van der Waals surface area contributed by atoms with Gasteiger partial charge in [-0.3, -0.25) is 33.0 Å².